The average molecular weight is 273 g/mol. The van der Waals surface area contributed by atoms with E-state index in [-0.39, 0.29) is 12.4 Å². The maximum atomic E-state index is 11.3. The molecule has 0 saturated carbocycles. The van der Waals surface area contributed by atoms with Gasteiger partial charge in [-0.3, -0.25) is 4.79 Å². The van der Waals surface area contributed by atoms with E-state index < -0.39 is 17.7 Å². The predicted molar refractivity (Wildman–Crippen MR) is 61.0 cm³/mol. The molecule has 2 N–H and O–H groups in total. The van der Waals surface area contributed by atoms with E-state index in [0.717, 1.165) is 4.90 Å². The van der Waals surface area contributed by atoms with Gasteiger partial charge in [-0.15, -0.1) is 0 Å². The smallest absolute Gasteiger partial charge is 0.416 e. The Morgan fingerprint density at radius 1 is 1.53 bits per heavy atom. The van der Waals surface area contributed by atoms with Crippen molar-refractivity contribution >= 4 is 40.9 Å². The molecule has 0 spiro atoms. The summed E-state index contributed by atoms with van der Waals surface area (Å²) in [6, 6.07) is 0. The van der Waals surface area contributed by atoms with E-state index in [9.17, 15) is 9.59 Å². The van der Waals surface area contributed by atoms with Crippen LogP contribution in [0.2, 0.25) is 0 Å². The average Bonchev–Trinajstić information content (AvgIpc) is 2.12. The molecule has 6 nitrogen and oxygen atoms in total. The highest BCUT2D eigenvalue weighted by Crippen LogP contribution is 2.50. The van der Waals surface area contributed by atoms with Crippen LogP contribution >= 0.6 is 17.1 Å². The topological polar surface area (TPSA) is 87.1 Å². The van der Waals surface area contributed by atoms with E-state index in [0.29, 0.717) is 11.4 Å². The predicted octanol–water partition coefficient (Wildman–Crippen LogP) is 0.544. The normalized spacial score (nSPS) is 10.9. The fourth-order valence-corrected chi connectivity index (χ4v) is 2.34. The minimum atomic E-state index is -3.45. The van der Waals surface area contributed by atoms with Gasteiger partial charge in [0.1, 0.15) is 0 Å². The summed E-state index contributed by atoms with van der Waals surface area (Å²) >= 11 is 4.85. The molecule has 0 aliphatic rings. The van der Waals surface area contributed by atoms with Crippen molar-refractivity contribution in [2.45, 2.75) is 6.92 Å². The molecule has 0 atom stereocenters. The van der Waals surface area contributed by atoms with Crippen LogP contribution in [0.15, 0.2) is 0 Å². The van der Waals surface area contributed by atoms with Gasteiger partial charge >= 0.3 is 6.09 Å². The number of imide groups is 1. The first-order chi connectivity index (χ1) is 6.78. The molecule has 0 fully saturated rings. The molecule has 0 bridgehead atoms. The molecule has 0 aliphatic carbocycles. The molecule has 15 heavy (non-hydrogen) atoms. The zero-order chi connectivity index (χ0) is 12.1. The van der Waals surface area contributed by atoms with Crippen LogP contribution < -0.4 is 0 Å². The van der Waals surface area contributed by atoms with Crippen molar-refractivity contribution in [3.8, 4) is 0 Å². The van der Waals surface area contributed by atoms with Crippen LogP contribution in [0.25, 0.3) is 0 Å². The van der Waals surface area contributed by atoms with Crippen molar-refractivity contribution in [3.05, 3.63) is 0 Å². The number of ether oxygens (including phenoxy) is 1. The maximum absolute atomic E-state index is 11.3. The summed E-state index contributed by atoms with van der Waals surface area (Å²) in [5, 5.41) is 0. The third-order valence-electron chi connectivity index (χ3n) is 1.27. The highest BCUT2D eigenvalue weighted by Gasteiger charge is 2.20. The number of hydrogen-bond acceptors (Lipinski definition) is 5. The zero-order valence-electron chi connectivity index (χ0n) is 8.24. The third-order valence-corrected chi connectivity index (χ3v) is 4.33. The molecular weight excluding hydrogens is 261 g/mol. The molecule has 0 aromatic carbocycles. The lowest BCUT2D eigenvalue weighted by Gasteiger charge is -2.14. The minimum Gasteiger partial charge on any atom is -0.449 e. The lowest BCUT2D eigenvalue weighted by molar-refractivity contribution is -0.125. The molecule has 0 radical (unpaired) electrons. The number of carbonyl (C=O) groups excluding carboxylic acids is 2. The number of amides is 2. The van der Waals surface area contributed by atoms with Crippen LogP contribution in [-0.2, 0) is 21.3 Å². The second-order valence-electron chi connectivity index (χ2n) is 2.42. The summed E-state index contributed by atoms with van der Waals surface area (Å²) in [5.41, 5.74) is -3.45. The number of nitrogens with zero attached hydrogens (tertiary/aromatic N) is 1. The van der Waals surface area contributed by atoms with E-state index in [1.165, 1.54) is 7.05 Å². The third kappa shape index (κ3) is 6.86. The molecule has 0 rings (SSSR count). The summed E-state index contributed by atoms with van der Waals surface area (Å²) in [6.07, 6.45) is -0.771. The van der Waals surface area contributed by atoms with Crippen LogP contribution in [0.4, 0.5) is 4.79 Å². The van der Waals surface area contributed by atoms with Crippen molar-refractivity contribution in [2.75, 3.05) is 19.4 Å². The molecule has 88 valence electrons. The van der Waals surface area contributed by atoms with Crippen LogP contribution in [0.5, 0.6) is 0 Å². The molecule has 0 unspecified atom stereocenters. The summed E-state index contributed by atoms with van der Waals surface area (Å²) in [7, 11) is 1.25. The Hall–Kier alpha value is -0.140. The Morgan fingerprint density at radius 2 is 2.07 bits per heavy atom. The van der Waals surface area contributed by atoms with Crippen LogP contribution in [0.3, 0.4) is 0 Å². The Balaban J connectivity index is 4.11. The largest absolute Gasteiger partial charge is 0.449 e. The van der Waals surface area contributed by atoms with Gasteiger partial charge in [0.05, 0.1) is 12.4 Å². The molecule has 0 heterocycles. The lowest BCUT2D eigenvalue weighted by Crippen LogP contribution is -2.34. The standard InChI is InChI=1S/C6H12NO5PS2/c1-3-12-6(9)7(2)5(8)4-15-13(10,11)14/h3-4H2,1-2H3,(H2,10,11,14). The van der Waals surface area contributed by atoms with Gasteiger partial charge in [0.15, 0.2) is 0 Å². The fraction of sp³-hybridized carbons (Fsp3) is 0.667. The van der Waals surface area contributed by atoms with Crippen molar-refractivity contribution < 1.29 is 24.1 Å². The van der Waals surface area contributed by atoms with Crippen molar-refractivity contribution in [2.24, 2.45) is 0 Å². The fourth-order valence-electron chi connectivity index (χ4n) is 0.558. The molecule has 0 aliphatic heterocycles. The number of hydrogen-bond donors (Lipinski definition) is 2. The molecule has 0 aromatic heterocycles. The van der Waals surface area contributed by atoms with Gasteiger partial charge in [0.25, 0.3) is 0 Å². The van der Waals surface area contributed by atoms with Crippen molar-refractivity contribution in [1.82, 2.24) is 4.90 Å². The Bertz CT molecular complexity index is 291. The van der Waals surface area contributed by atoms with Gasteiger partial charge in [-0.1, -0.05) is 11.4 Å². The lowest BCUT2D eigenvalue weighted by atomic mass is 10.6. The number of carbonyl (C=O) groups is 2. The molecule has 2 amide bonds. The van der Waals surface area contributed by atoms with Gasteiger partial charge < -0.3 is 14.5 Å². The van der Waals surface area contributed by atoms with Gasteiger partial charge in [-0.25, -0.2) is 9.69 Å². The summed E-state index contributed by atoms with van der Waals surface area (Å²) in [4.78, 5) is 40.8. The van der Waals surface area contributed by atoms with E-state index in [1.54, 1.807) is 6.92 Å². The SMILES string of the molecule is CCOC(=O)N(C)C(=O)CSP(O)(O)=S. The Morgan fingerprint density at radius 3 is 2.47 bits per heavy atom. The summed E-state index contributed by atoms with van der Waals surface area (Å²) in [6.45, 7) is 1.79. The zero-order valence-corrected chi connectivity index (χ0v) is 10.8. The first kappa shape index (κ1) is 14.9. The quantitative estimate of drug-likeness (QED) is 0.723. The van der Waals surface area contributed by atoms with Crippen LogP contribution in [0, 0.1) is 0 Å². The van der Waals surface area contributed by atoms with Gasteiger partial charge in [0, 0.05) is 7.05 Å². The Kier molecular flexibility index (Phi) is 6.38. The van der Waals surface area contributed by atoms with Gasteiger partial charge in [-0.05, 0) is 18.7 Å². The molecular formula is C6H12NO5PS2. The first-order valence-electron chi connectivity index (χ1n) is 3.91. The van der Waals surface area contributed by atoms with E-state index >= 15 is 0 Å². The highest BCUT2D eigenvalue weighted by atomic mass is 32.9. The van der Waals surface area contributed by atoms with Crippen molar-refractivity contribution in [1.29, 1.82) is 0 Å². The second-order valence-corrected chi connectivity index (χ2v) is 8.47. The highest BCUT2D eigenvalue weighted by molar-refractivity contribution is 8.67. The van der Waals surface area contributed by atoms with E-state index in [2.05, 4.69) is 16.5 Å². The summed E-state index contributed by atoms with van der Waals surface area (Å²) in [5.74, 6) is -0.852. The maximum Gasteiger partial charge on any atom is 0.416 e. The molecule has 0 aromatic rings. The minimum absolute atomic E-state index is 0.168. The number of rotatable bonds is 4. The monoisotopic (exact) mass is 273 g/mol. The second kappa shape index (κ2) is 6.44. The molecule has 0 saturated heterocycles. The van der Waals surface area contributed by atoms with Crippen LogP contribution in [0.1, 0.15) is 6.92 Å². The first-order valence-corrected chi connectivity index (χ1v) is 8.21. The van der Waals surface area contributed by atoms with Crippen LogP contribution in [-0.4, -0.2) is 46.1 Å². The van der Waals surface area contributed by atoms with Crippen molar-refractivity contribution in [3.63, 3.8) is 0 Å². The molecule has 9 heteroatoms. The Labute approximate surface area is 96.5 Å². The van der Waals surface area contributed by atoms with Gasteiger partial charge in [-0.2, -0.15) is 0 Å². The van der Waals surface area contributed by atoms with Gasteiger partial charge in [0.2, 0.25) is 11.6 Å². The summed E-state index contributed by atoms with van der Waals surface area (Å²) < 4.78 is 4.57. The van der Waals surface area contributed by atoms with E-state index in [4.69, 9.17) is 9.79 Å². The van der Waals surface area contributed by atoms with E-state index in [1.807, 2.05) is 0 Å².